The third-order valence-electron chi connectivity index (χ3n) is 5.28. The number of ketones is 1. The molecule has 5 nitrogen and oxygen atoms in total. The summed E-state index contributed by atoms with van der Waals surface area (Å²) in [5.41, 5.74) is 1.66. The Morgan fingerprint density at radius 2 is 1.61 bits per heavy atom. The van der Waals surface area contributed by atoms with Gasteiger partial charge in [-0.1, -0.05) is 54.6 Å². The molecule has 1 aliphatic heterocycles. The molecule has 1 unspecified atom stereocenters. The molecule has 0 spiro atoms. The number of ether oxygens (including phenoxy) is 1. The third-order valence-corrected chi connectivity index (χ3v) is 5.28. The van der Waals surface area contributed by atoms with Gasteiger partial charge in [0.2, 0.25) is 0 Å². The summed E-state index contributed by atoms with van der Waals surface area (Å²) in [7, 11) is 1.47. The van der Waals surface area contributed by atoms with E-state index in [1.807, 2.05) is 6.07 Å². The van der Waals surface area contributed by atoms with E-state index in [0.717, 1.165) is 0 Å². The molecule has 1 aliphatic rings. The van der Waals surface area contributed by atoms with Crippen molar-refractivity contribution in [1.29, 1.82) is 0 Å². The minimum Gasteiger partial charge on any atom is -0.507 e. The van der Waals surface area contributed by atoms with Gasteiger partial charge < -0.3 is 14.7 Å². The molecule has 0 aliphatic carbocycles. The summed E-state index contributed by atoms with van der Waals surface area (Å²) >= 11 is 0. The van der Waals surface area contributed by atoms with E-state index in [1.54, 1.807) is 60.7 Å². The van der Waals surface area contributed by atoms with Crippen LogP contribution < -0.4 is 4.74 Å². The van der Waals surface area contributed by atoms with Crippen LogP contribution in [0.1, 0.15) is 22.7 Å². The number of halogens is 1. The Bertz CT molecular complexity index is 1160. The molecular formula is C25H20FNO4. The number of carbonyl (C=O) groups excluding carboxylic acids is 2. The van der Waals surface area contributed by atoms with E-state index < -0.39 is 17.7 Å². The number of hydrogen-bond donors (Lipinski definition) is 1. The van der Waals surface area contributed by atoms with Crippen molar-refractivity contribution in [3.63, 3.8) is 0 Å². The number of benzene rings is 3. The first kappa shape index (κ1) is 20.3. The van der Waals surface area contributed by atoms with Gasteiger partial charge in [-0.25, -0.2) is 4.39 Å². The Labute approximate surface area is 179 Å². The van der Waals surface area contributed by atoms with E-state index in [-0.39, 0.29) is 23.7 Å². The van der Waals surface area contributed by atoms with Crippen LogP contribution in [0.25, 0.3) is 5.76 Å². The molecule has 1 fully saturated rings. The number of carbonyl (C=O) groups is 2. The zero-order valence-electron chi connectivity index (χ0n) is 16.8. The summed E-state index contributed by atoms with van der Waals surface area (Å²) in [6, 6.07) is 20.7. The van der Waals surface area contributed by atoms with Gasteiger partial charge >= 0.3 is 0 Å². The van der Waals surface area contributed by atoms with Gasteiger partial charge in [-0.3, -0.25) is 9.59 Å². The van der Waals surface area contributed by atoms with Crippen molar-refractivity contribution < 1.29 is 23.8 Å². The van der Waals surface area contributed by atoms with Crippen LogP contribution in [-0.2, 0) is 16.1 Å². The number of methoxy groups -OCH3 is 1. The fourth-order valence-corrected chi connectivity index (χ4v) is 3.80. The SMILES string of the molecule is COc1ccccc1/C(O)=C1/C(=O)C(=O)N(Cc2ccc(F)cc2)C1c1ccccc1. The first-order chi connectivity index (χ1) is 15.0. The van der Waals surface area contributed by atoms with Gasteiger partial charge in [0, 0.05) is 6.54 Å². The predicted molar refractivity (Wildman–Crippen MR) is 114 cm³/mol. The quantitative estimate of drug-likeness (QED) is 0.378. The molecule has 4 rings (SSSR count). The van der Waals surface area contributed by atoms with Gasteiger partial charge in [0.25, 0.3) is 11.7 Å². The van der Waals surface area contributed by atoms with Crippen molar-refractivity contribution in [3.05, 3.63) is 107 Å². The zero-order chi connectivity index (χ0) is 22.0. The van der Waals surface area contributed by atoms with Gasteiger partial charge in [-0.2, -0.15) is 0 Å². The lowest BCUT2D eigenvalue weighted by Crippen LogP contribution is -2.29. The molecule has 31 heavy (non-hydrogen) atoms. The summed E-state index contributed by atoms with van der Waals surface area (Å²) in [6.07, 6.45) is 0. The maximum atomic E-state index is 13.3. The highest BCUT2D eigenvalue weighted by molar-refractivity contribution is 6.46. The van der Waals surface area contributed by atoms with E-state index >= 15 is 0 Å². The van der Waals surface area contributed by atoms with Crippen LogP contribution in [0.3, 0.4) is 0 Å². The van der Waals surface area contributed by atoms with Gasteiger partial charge in [-0.05, 0) is 35.4 Å². The third kappa shape index (κ3) is 3.80. The lowest BCUT2D eigenvalue weighted by atomic mass is 9.95. The average molecular weight is 417 g/mol. The summed E-state index contributed by atoms with van der Waals surface area (Å²) < 4.78 is 18.6. The minimum absolute atomic E-state index is 0.0113. The van der Waals surface area contributed by atoms with Crippen molar-refractivity contribution in [1.82, 2.24) is 4.90 Å². The second-order valence-electron chi connectivity index (χ2n) is 7.16. The molecule has 156 valence electrons. The first-order valence-electron chi connectivity index (χ1n) is 9.72. The van der Waals surface area contributed by atoms with Crippen LogP contribution in [0.4, 0.5) is 4.39 Å². The predicted octanol–water partition coefficient (Wildman–Crippen LogP) is 4.46. The first-order valence-corrected chi connectivity index (χ1v) is 9.72. The van der Waals surface area contributed by atoms with Crippen LogP contribution in [0.15, 0.2) is 84.4 Å². The van der Waals surface area contributed by atoms with Crippen molar-refractivity contribution in [2.75, 3.05) is 7.11 Å². The van der Waals surface area contributed by atoms with Crippen molar-refractivity contribution in [2.24, 2.45) is 0 Å². The molecule has 1 heterocycles. The van der Waals surface area contributed by atoms with Gasteiger partial charge in [0.15, 0.2) is 0 Å². The maximum Gasteiger partial charge on any atom is 0.295 e. The van der Waals surface area contributed by atoms with Crippen molar-refractivity contribution >= 4 is 17.4 Å². The van der Waals surface area contributed by atoms with Crippen LogP contribution in [0.5, 0.6) is 5.75 Å². The Balaban J connectivity index is 1.86. The monoisotopic (exact) mass is 417 g/mol. The Hall–Kier alpha value is -3.93. The average Bonchev–Trinajstić information content (AvgIpc) is 3.05. The smallest absolute Gasteiger partial charge is 0.295 e. The molecule has 0 aromatic heterocycles. The molecule has 0 radical (unpaired) electrons. The number of Topliss-reactive ketones (excluding diaryl/α,β-unsaturated/α-hetero) is 1. The van der Waals surface area contributed by atoms with Crippen molar-refractivity contribution in [2.45, 2.75) is 12.6 Å². The fourth-order valence-electron chi connectivity index (χ4n) is 3.80. The zero-order valence-corrected chi connectivity index (χ0v) is 16.8. The number of para-hydroxylation sites is 1. The summed E-state index contributed by atoms with van der Waals surface area (Å²) in [6.45, 7) is 0.0904. The highest BCUT2D eigenvalue weighted by Gasteiger charge is 2.46. The number of nitrogens with zero attached hydrogens (tertiary/aromatic N) is 1. The standard InChI is InChI=1S/C25H20FNO4/c1-31-20-10-6-5-9-19(20)23(28)21-22(17-7-3-2-4-8-17)27(25(30)24(21)29)15-16-11-13-18(26)14-12-16/h2-14,22,28H,15H2,1H3/b23-21-. The normalized spacial score (nSPS) is 17.7. The summed E-state index contributed by atoms with van der Waals surface area (Å²) in [5, 5.41) is 11.1. The molecule has 1 amide bonds. The van der Waals surface area contributed by atoms with E-state index in [0.29, 0.717) is 22.4 Å². The number of aliphatic hydroxyl groups is 1. The van der Waals surface area contributed by atoms with E-state index in [9.17, 15) is 19.1 Å². The van der Waals surface area contributed by atoms with Gasteiger partial charge in [0.05, 0.1) is 24.3 Å². The fraction of sp³-hybridized carbons (Fsp3) is 0.120. The lowest BCUT2D eigenvalue weighted by Gasteiger charge is -2.25. The van der Waals surface area contributed by atoms with Gasteiger partial charge in [0.1, 0.15) is 17.3 Å². The molecule has 3 aromatic carbocycles. The van der Waals surface area contributed by atoms with Crippen LogP contribution in [0, 0.1) is 5.82 Å². The topological polar surface area (TPSA) is 66.8 Å². The van der Waals surface area contributed by atoms with Crippen molar-refractivity contribution in [3.8, 4) is 5.75 Å². The molecule has 1 N–H and O–H groups in total. The number of likely N-dealkylation sites (tertiary alicyclic amines) is 1. The minimum atomic E-state index is -0.795. The molecule has 0 saturated carbocycles. The van der Waals surface area contributed by atoms with Gasteiger partial charge in [-0.15, -0.1) is 0 Å². The Morgan fingerprint density at radius 3 is 2.29 bits per heavy atom. The molecule has 1 saturated heterocycles. The Morgan fingerprint density at radius 1 is 0.968 bits per heavy atom. The van der Waals surface area contributed by atoms with E-state index in [2.05, 4.69) is 0 Å². The number of aliphatic hydroxyl groups excluding tert-OH is 1. The highest BCUT2D eigenvalue weighted by Crippen LogP contribution is 2.41. The summed E-state index contributed by atoms with van der Waals surface area (Å²) in [4.78, 5) is 27.4. The summed E-state index contributed by atoms with van der Waals surface area (Å²) in [5.74, 6) is -1.81. The van der Waals surface area contributed by atoms with E-state index in [4.69, 9.17) is 4.74 Å². The van der Waals surface area contributed by atoms with Crippen LogP contribution in [-0.4, -0.2) is 28.8 Å². The highest BCUT2D eigenvalue weighted by atomic mass is 19.1. The molecule has 3 aromatic rings. The Kier molecular flexibility index (Phi) is 5.54. The largest absolute Gasteiger partial charge is 0.507 e. The second kappa shape index (κ2) is 8.44. The second-order valence-corrected chi connectivity index (χ2v) is 7.16. The molecule has 6 heteroatoms. The number of hydrogen-bond acceptors (Lipinski definition) is 4. The number of rotatable bonds is 5. The van der Waals surface area contributed by atoms with Crippen LogP contribution >= 0.6 is 0 Å². The molecular weight excluding hydrogens is 397 g/mol. The number of amides is 1. The lowest BCUT2D eigenvalue weighted by molar-refractivity contribution is -0.140. The van der Waals surface area contributed by atoms with Crippen LogP contribution in [0.2, 0.25) is 0 Å². The maximum absolute atomic E-state index is 13.3. The molecule has 1 atom stereocenters. The molecule has 0 bridgehead atoms. The van der Waals surface area contributed by atoms with E-state index in [1.165, 1.54) is 24.1 Å².